The van der Waals surface area contributed by atoms with E-state index in [1.165, 1.54) is 19.3 Å². The van der Waals surface area contributed by atoms with E-state index in [0.29, 0.717) is 12.1 Å². The summed E-state index contributed by atoms with van der Waals surface area (Å²) in [5.41, 5.74) is 5.60. The largest absolute Gasteiger partial charge is 0.481 e. The standard InChI is InChI=1S/C55H92N2O18/c1-33-17-13-14-21-50(68)74-52(36(4)18-12-10-8-9-11-15-24-57-54(56)71)37(5)20-16-19-34(2)44(61)27-40(59)25-39(58)26-41(73-51(69)31-49(66)67)28-42-29-47(64)53(70)55(72-7,75-42)32-48(65)35(3)22-23-43(60)38(6)46(63)30-45(33)62/h8-9,13-14,16-17,19-21,33,35-48,52-53,58-65,70H,10-12,15,18,22-32H2,1-7H3,(H,66,67)(H3,56,57,71)/b9-8+,17-13?,20-16?,21-14?,34-19?. The number of unbranched alkanes of at least 4 members (excludes halogenated alkanes) is 2. The molecule has 0 radical (unpaired) electrons. The van der Waals surface area contributed by atoms with Gasteiger partial charge in [-0.15, -0.1) is 0 Å². The van der Waals surface area contributed by atoms with E-state index in [2.05, 4.69) is 11.4 Å². The van der Waals surface area contributed by atoms with Gasteiger partial charge in [0, 0.05) is 76.0 Å². The van der Waals surface area contributed by atoms with Crippen LogP contribution < -0.4 is 11.1 Å². The number of esters is 2. The van der Waals surface area contributed by atoms with Crippen molar-refractivity contribution < 1.29 is 89.2 Å². The number of aliphatic carboxylic acids is 1. The van der Waals surface area contributed by atoms with Gasteiger partial charge in [-0.3, -0.25) is 9.59 Å². The summed E-state index contributed by atoms with van der Waals surface area (Å²) in [6, 6.07) is -0.561. The number of aliphatic hydroxyl groups is 9. The minimum atomic E-state index is -1.98. The number of cyclic esters (lactones) is 1. The number of carboxylic acid groups (broad SMARTS) is 1. The number of fused-ring (bicyclic) bond motifs is 2. The number of ether oxygens (including phenoxy) is 4. The number of hydrogen-bond donors (Lipinski definition) is 12. The zero-order valence-corrected chi connectivity index (χ0v) is 45.1. The molecule has 0 aromatic heterocycles. The second-order valence-corrected chi connectivity index (χ2v) is 21.0. The molecule has 2 heterocycles. The van der Waals surface area contributed by atoms with Crippen molar-refractivity contribution in [3.8, 4) is 0 Å². The highest BCUT2D eigenvalue weighted by molar-refractivity contribution is 5.90. The molecule has 13 N–H and O–H groups in total. The Morgan fingerprint density at radius 2 is 1.45 bits per heavy atom. The second kappa shape index (κ2) is 34.7. The lowest BCUT2D eigenvalue weighted by Crippen LogP contribution is -2.61. The fourth-order valence-corrected chi connectivity index (χ4v) is 9.47. The maximum atomic E-state index is 13.3. The molecule has 75 heavy (non-hydrogen) atoms. The number of amides is 2. The lowest BCUT2D eigenvalue weighted by Gasteiger charge is -2.47. The minimum Gasteiger partial charge on any atom is -0.481 e. The van der Waals surface area contributed by atoms with Crippen molar-refractivity contribution in [2.75, 3.05) is 13.7 Å². The summed E-state index contributed by atoms with van der Waals surface area (Å²) in [4.78, 5) is 48.2. The highest BCUT2D eigenvalue weighted by atomic mass is 16.7. The molecule has 1 saturated heterocycles. The Hall–Kier alpha value is -4.06. The summed E-state index contributed by atoms with van der Waals surface area (Å²) < 4.78 is 23.4. The third kappa shape index (κ3) is 25.3. The molecule has 2 bridgehead atoms. The van der Waals surface area contributed by atoms with Crippen LogP contribution in [0.1, 0.15) is 138 Å². The molecule has 1 fully saturated rings. The molecular weight excluding hydrogens is 977 g/mol. The van der Waals surface area contributed by atoms with Crippen molar-refractivity contribution in [2.24, 2.45) is 35.3 Å². The fourth-order valence-electron chi connectivity index (χ4n) is 9.47. The SMILES string of the molecule is COC12CC(O)C(C)CCC(O)C(C)C(O)CC(O)C(C)C=CC=CC(=O)OC(C(C)CCC/C=C/CCCNC(N)=O)C(C)C=CC=C(C)C(O)CC(O)CC(O)CC(OC(=O)CC(=O)O)CC(CC(O)C1O)O2. The number of urea groups is 1. The van der Waals surface area contributed by atoms with E-state index in [1.807, 2.05) is 26.0 Å². The van der Waals surface area contributed by atoms with Crippen LogP contribution in [0.25, 0.3) is 0 Å². The first-order valence-electron chi connectivity index (χ1n) is 26.6. The number of aliphatic hydroxyl groups excluding tert-OH is 9. The van der Waals surface area contributed by atoms with E-state index >= 15 is 0 Å². The quantitative estimate of drug-likeness (QED) is 0.0540. The molecule has 18 unspecified atom stereocenters. The maximum absolute atomic E-state index is 13.3. The predicted octanol–water partition coefficient (Wildman–Crippen LogP) is 3.77. The molecule has 2 aliphatic heterocycles. The van der Waals surface area contributed by atoms with Crippen molar-refractivity contribution in [2.45, 2.75) is 217 Å². The van der Waals surface area contributed by atoms with Gasteiger partial charge in [-0.1, -0.05) is 83.2 Å². The smallest absolute Gasteiger partial charge is 0.331 e. The lowest BCUT2D eigenvalue weighted by atomic mass is 9.83. The van der Waals surface area contributed by atoms with Crippen LogP contribution in [0, 0.1) is 29.6 Å². The number of carbonyl (C=O) groups is 4. The van der Waals surface area contributed by atoms with Crippen molar-refractivity contribution in [3.63, 3.8) is 0 Å². The molecular formula is C55H92N2O18. The van der Waals surface area contributed by atoms with E-state index in [1.54, 1.807) is 52.0 Å². The maximum Gasteiger partial charge on any atom is 0.331 e. The normalized spacial score (nSPS) is 35.6. The Bertz CT molecular complexity index is 1860. The van der Waals surface area contributed by atoms with Crippen LogP contribution >= 0.6 is 0 Å². The zero-order chi connectivity index (χ0) is 56.4. The molecule has 20 nitrogen and oxygen atoms in total. The summed E-state index contributed by atoms with van der Waals surface area (Å²) in [7, 11) is 1.22. The predicted molar refractivity (Wildman–Crippen MR) is 279 cm³/mol. The van der Waals surface area contributed by atoms with E-state index in [0.717, 1.165) is 32.1 Å². The monoisotopic (exact) mass is 1070 g/mol. The van der Waals surface area contributed by atoms with Gasteiger partial charge in [0.2, 0.25) is 0 Å². The zero-order valence-electron chi connectivity index (χ0n) is 45.1. The van der Waals surface area contributed by atoms with Crippen LogP contribution in [0.4, 0.5) is 4.79 Å². The number of hydrogen-bond acceptors (Lipinski definition) is 17. The first-order chi connectivity index (χ1) is 35.3. The second-order valence-electron chi connectivity index (χ2n) is 21.0. The molecule has 430 valence electrons. The Labute approximate surface area is 443 Å². The van der Waals surface area contributed by atoms with Gasteiger partial charge in [0.25, 0.3) is 0 Å². The molecule has 20 heteroatoms. The number of rotatable bonds is 13. The molecule has 0 saturated carbocycles. The summed E-state index contributed by atoms with van der Waals surface area (Å²) in [6.07, 6.45) is 3.02. The molecule has 2 amide bonds. The van der Waals surface area contributed by atoms with Gasteiger partial charge in [0.15, 0.2) is 5.79 Å². The van der Waals surface area contributed by atoms with Gasteiger partial charge < -0.3 is 81.1 Å². The number of nitrogens with two attached hydrogens (primary N) is 1. The molecule has 2 rings (SSSR count). The van der Waals surface area contributed by atoms with Gasteiger partial charge in [-0.05, 0) is 75.7 Å². The first-order valence-corrected chi connectivity index (χ1v) is 26.6. The molecule has 0 spiro atoms. The molecule has 2 aliphatic rings. The van der Waals surface area contributed by atoms with Crippen LogP contribution in [-0.2, 0) is 33.3 Å². The van der Waals surface area contributed by atoms with Crippen LogP contribution in [0.15, 0.2) is 60.3 Å². The van der Waals surface area contributed by atoms with Crippen molar-refractivity contribution in [3.05, 3.63) is 60.3 Å². The number of carboxylic acids is 1. The molecule has 18 atom stereocenters. The number of nitrogens with one attached hydrogen (secondary N) is 1. The Morgan fingerprint density at radius 1 is 0.800 bits per heavy atom. The lowest BCUT2D eigenvalue weighted by molar-refractivity contribution is -0.343. The molecule has 0 aliphatic carbocycles. The number of methoxy groups -OCH3 is 1. The first kappa shape index (κ1) is 67.1. The van der Waals surface area contributed by atoms with Crippen molar-refractivity contribution in [1.82, 2.24) is 5.32 Å². The Kier molecular flexibility index (Phi) is 31.0. The summed E-state index contributed by atoms with van der Waals surface area (Å²) in [5.74, 6) is -7.19. The Morgan fingerprint density at radius 3 is 2.11 bits per heavy atom. The van der Waals surface area contributed by atoms with Gasteiger partial charge in [0.1, 0.15) is 24.7 Å². The number of primary amides is 1. The van der Waals surface area contributed by atoms with Crippen LogP contribution in [0.5, 0.6) is 0 Å². The summed E-state index contributed by atoms with van der Waals surface area (Å²) >= 11 is 0. The highest BCUT2D eigenvalue weighted by Gasteiger charge is 2.51. The highest BCUT2D eigenvalue weighted by Crippen LogP contribution is 2.38. The third-order valence-corrected chi connectivity index (χ3v) is 14.5. The van der Waals surface area contributed by atoms with Crippen LogP contribution in [-0.4, -0.2) is 168 Å². The average molecular weight is 1070 g/mol. The molecule has 0 aromatic carbocycles. The summed E-state index contributed by atoms with van der Waals surface area (Å²) in [6.45, 7) is 11.2. The van der Waals surface area contributed by atoms with Crippen LogP contribution in [0.3, 0.4) is 0 Å². The Balaban J connectivity index is 2.43. The van der Waals surface area contributed by atoms with Crippen LogP contribution in [0.2, 0.25) is 0 Å². The van der Waals surface area contributed by atoms with Gasteiger partial charge in [-0.2, -0.15) is 0 Å². The van der Waals surface area contributed by atoms with E-state index in [9.17, 15) is 70.2 Å². The molecule has 0 aromatic rings. The average Bonchev–Trinajstić information content (AvgIpc) is 3.33. The van der Waals surface area contributed by atoms with Crippen molar-refractivity contribution >= 4 is 23.9 Å². The number of allylic oxidation sites excluding steroid dienone is 6. The topological polar surface area (TPSA) is 346 Å². The van der Waals surface area contributed by atoms with Gasteiger partial charge in [-0.25, -0.2) is 9.59 Å². The van der Waals surface area contributed by atoms with E-state index in [-0.39, 0.29) is 69.6 Å². The fraction of sp³-hybridized carbons (Fsp3) is 0.745. The minimum absolute atomic E-state index is 0.0633. The number of carbonyl (C=O) groups excluding carboxylic acids is 3. The van der Waals surface area contributed by atoms with Gasteiger partial charge >= 0.3 is 23.9 Å². The summed E-state index contributed by atoms with van der Waals surface area (Å²) in [5, 5.41) is 112. The third-order valence-electron chi connectivity index (χ3n) is 14.5. The van der Waals surface area contributed by atoms with Gasteiger partial charge in [0.05, 0.1) is 54.9 Å². The van der Waals surface area contributed by atoms with Crippen molar-refractivity contribution in [1.29, 1.82) is 0 Å². The van der Waals surface area contributed by atoms with E-state index in [4.69, 9.17) is 24.7 Å². The van der Waals surface area contributed by atoms with E-state index < -0.39 is 127 Å².